The van der Waals surface area contributed by atoms with E-state index in [0.717, 1.165) is 19.8 Å². The summed E-state index contributed by atoms with van der Waals surface area (Å²) in [5.74, 6) is 0.646. The molecule has 1 unspecified atom stereocenters. The van der Waals surface area contributed by atoms with Crippen LogP contribution in [0.3, 0.4) is 0 Å². The molecule has 84 valence electrons. The molecule has 0 aromatic heterocycles. The zero-order chi connectivity index (χ0) is 10.4. The number of ether oxygens (including phenoxy) is 1. The molecule has 3 heteroatoms. The van der Waals surface area contributed by atoms with E-state index in [9.17, 15) is 0 Å². The van der Waals surface area contributed by atoms with Crippen molar-refractivity contribution in [2.24, 2.45) is 5.92 Å². The van der Waals surface area contributed by atoms with Crippen LogP contribution < -0.4 is 5.32 Å². The van der Waals surface area contributed by atoms with Gasteiger partial charge in [-0.2, -0.15) is 0 Å². The van der Waals surface area contributed by atoms with Gasteiger partial charge in [0, 0.05) is 25.7 Å². The second-order valence-corrected chi connectivity index (χ2v) is 4.67. The van der Waals surface area contributed by atoms with Crippen molar-refractivity contribution in [3.63, 3.8) is 0 Å². The maximum Gasteiger partial charge on any atom is 0.0591 e. The van der Waals surface area contributed by atoms with Crippen molar-refractivity contribution in [1.82, 2.24) is 10.2 Å². The van der Waals surface area contributed by atoms with Crippen LogP contribution >= 0.6 is 0 Å². The smallest absolute Gasteiger partial charge is 0.0591 e. The average Bonchev–Trinajstić information content (AvgIpc) is 2.50. The molecule has 0 aromatic rings. The summed E-state index contributed by atoms with van der Waals surface area (Å²) in [6.45, 7) is 9.49. The van der Waals surface area contributed by atoms with Crippen LogP contribution in [0, 0.1) is 5.92 Å². The zero-order valence-electron chi connectivity index (χ0n) is 9.75. The number of likely N-dealkylation sites (N-methyl/N-ethyl adjacent to an activating group) is 1. The van der Waals surface area contributed by atoms with E-state index >= 15 is 0 Å². The maximum atomic E-state index is 5.51. The van der Waals surface area contributed by atoms with Crippen LogP contribution in [0.2, 0.25) is 0 Å². The zero-order valence-corrected chi connectivity index (χ0v) is 9.75. The highest BCUT2D eigenvalue weighted by Crippen LogP contribution is 2.05. The number of nitrogens with zero attached hydrogens (tertiary/aromatic N) is 1. The molecular formula is C11H24N2O. The van der Waals surface area contributed by atoms with Crippen molar-refractivity contribution in [2.45, 2.75) is 26.3 Å². The standard InChI is InChI=1S/C11H24N2O/c1-10(2)9-14-7-5-12-11-4-6-13(3)8-11/h10-12H,4-9H2,1-3H3. The van der Waals surface area contributed by atoms with Gasteiger partial charge in [0.25, 0.3) is 0 Å². The molecule has 1 aliphatic heterocycles. The normalized spacial score (nSPS) is 23.6. The quantitative estimate of drug-likeness (QED) is 0.646. The second kappa shape index (κ2) is 6.38. The van der Waals surface area contributed by atoms with E-state index in [0.29, 0.717) is 12.0 Å². The number of nitrogens with one attached hydrogen (secondary N) is 1. The second-order valence-electron chi connectivity index (χ2n) is 4.67. The minimum atomic E-state index is 0.646. The van der Waals surface area contributed by atoms with Crippen molar-refractivity contribution in [2.75, 3.05) is 39.9 Å². The Hall–Kier alpha value is -0.120. The summed E-state index contributed by atoms with van der Waals surface area (Å²) >= 11 is 0. The summed E-state index contributed by atoms with van der Waals surface area (Å²) in [5, 5.41) is 3.52. The van der Waals surface area contributed by atoms with Gasteiger partial charge in [-0.3, -0.25) is 0 Å². The largest absolute Gasteiger partial charge is 0.380 e. The Morgan fingerprint density at radius 3 is 2.86 bits per heavy atom. The molecule has 0 amide bonds. The molecule has 1 aliphatic rings. The molecule has 1 saturated heterocycles. The number of hydrogen-bond donors (Lipinski definition) is 1. The minimum Gasteiger partial charge on any atom is -0.380 e. The third-order valence-corrected chi connectivity index (χ3v) is 2.52. The van der Waals surface area contributed by atoms with E-state index in [1.807, 2.05) is 0 Å². The van der Waals surface area contributed by atoms with Crippen molar-refractivity contribution in [3.8, 4) is 0 Å². The molecule has 0 saturated carbocycles. The molecule has 0 aliphatic carbocycles. The Balaban J connectivity index is 1.89. The molecule has 14 heavy (non-hydrogen) atoms. The molecule has 0 bridgehead atoms. The van der Waals surface area contributed by atoms with Crippen LogP contribution in [0.1, 0.15) is 20.3 Å². The minimum absolute atomic E-state index is 0.646. The third-order valence-electron chi connectivity index (χ3n) is 2.52. The molecule has 0 spiro atoms. The molecule has 1 heterocycles. The molecule has 0 aromatic carbocycles. The van der Waals surface area contributed by atoms with Crippen LogP contribution in [0.4, 0.5) is 0 Å². The van der Waals surface area contributed by atoms with Crippen LogP contribution in [0.15, 0.2) is 0 Å². The summed E-state index contributed by atoms with van der Waals surface area (Å²) in [5.41, 5.74) is 0. The van der Waals surface area contributed by atoms with Gasteiger partial charge in [-0.05, 0) is 25.9 Å². The Labute approximate surface area is 87.8 Å². The number of rotatable bonds is 6. The first-order valence-corrected chi connectivity index (χ1v) is 5.68. The van der Waals surface area contributed by atoms with Gasteiger partial charge in [0.15, 0.2) is 0 Å². The van der Waals surface area contributed by atoms with E-state index in [2.05, 4.69) is 31.1 Å². The number of hydrogen-bond acceptors (Lipinski definition) is 3. The fourth-order valence-corrected chi connectivity index (χ4v) is 1.76. The van der Waals surface area contributed by atoms with Gasteiger partial charge in [0.1, 0.15) is 0 Å². The van der Waals surface area contributed by atoms with Gasteiger partial charge in [0.2, 0.25) is 0 Å². The van der Waals surface area contributed by atoms with Gasteiger partial charge < -0.3 is 15.0 Å². The van der Waals surface area contributed by atoms with Crippen LogP contribution in [-0.4, -0.2) is 50.8 Å². The Bertz CT molecular complexity index is 150. The summed E-state index contributed by atoms with van der Waals surface area (Å²) < 4.78 is 5.51. The fourth-order valence-electron chi connectivity index (χ4n) is 1.76. The van der Waals surface area contributed by atoms with Crippen LogP contribution in [0.5, 0.6) is 0 Å². The fraction of sp³-hybridized carbons (Fsp3) is 1.00. The Morgan fingerprint density at radius 2 is 2.29 bits per heavy atom. The van der Waals surface area contributed by atoms with Crippen LogP contribution in [0.25, 0.3) is 0 Å². The van der Waals surface area contributed by atoms with Gasteiger partial charge in [-0.1, -0.05) is 13.8 Å². The first-order chi connectivity index (χ1) is 6.68. The van der Waals surface area contributed by atoms with Gasteiger partial charge in [-0.25, -0.2) is 0 Å². The first-order valence-electron chi connectivity index (χ1n) is 5.68. The topological polar surface area (TPSA) is 24.5 Å². The van der Waals surface area contributed by atoms with Crippen molar-refractivity contribution in [3.05, 3.63) is 0 Å². The van der Waals surface area contributed by atoms with Crippen LogP contribution in [-0.2, 0) is 4.74 Å². The lowest BCUT2D eigenvalue weighted by atomic mass is 10.2. The van der Waals surface area contributed by atoms with Gasteiger partial charge in [0.05, 0.1) is 6.61 Å². The molecular weight excluding hydrogens is 176 g/mol. The average molecular weight is 200 g/mol. The Morgan fingerprint density at radius 1 is 1.50 bits per heavy atom. The first kappa shape index (κ1) is 12.0. The van der Waals surface area contributed by atoms with Gasteiger partial charge >= 0.3 is 0 Å². The van der Waals surface area contributed by atoms with Crippen molar-refractivity contribution in [1.29, 1.82) is 0 Å². The maximum absolute atomic E-state index is 5.51. The summed E-state index contributed by atoms with van der Waals surface area (Å²) in [4.78, 5) is 2.37. The van der Waals surface area contributed by atoms with E-state index in [1.165, 1.54) is 19.5 Å². The summed E-state index contributed by atoms with van der Waals surface area (Å²) in [6.07, 6.45) is 1.28. The summed E-state index contributed by atoms with van der Waals surface area (Å²) in [6, 6.07) is 0.683. The molecule has 1 rings (SSSR count). The molecule has 1 atom stereocenters. The van der Waals surface area contributed by atoms with Crippen molar-refractivity contribution < 1.29 is 4.74 Å². The predicted molar refractivity (Wildman–Crippen MR) is 59.6 cm³/mol. The Kier molecular flexibility index (Phi) is 5.45. The lowest BCUT2D eigenvalue weighted by molar-refractivity contribution is 0.110. The highest BCUT2D eigenvalue weighted by Gasteiger charge is 2.17. The monoisotopic (exact) mass is 200 g/mol. The molecule has 3 nitrogen and oxygen atoms in total. The SMILES string of the molecule is CC(C)COCCNC1CCN(C)C1. The third kappa shape index (κ3) is 4.94. The lowest BCUT2D eigenvalue weighted by Gasteiger charge is -2.13. The lowest BCUT2D eigenvalue weighted by Crippen LogP contribution is -2.34. The van der Waals surface area contributed by atoms with E-state index in [-0.39, 0.29) is 0 Å². The molecule has 0 radical (unpaired) electrons. The highest BCUT2D eigenvalue weighted by atomic mass is 16.5. The highest BCUT2D eigenvalue weighted by molar-refractivity contribution is 4.78. The summed E-state index contributed by atoms with van der Waals surface area (Å²) in [7, 11) is 2.18. The van der Waals surface area contributed by atoms with Gasteiger partial charge in [-0.15, -0.1) is 0 Å². The molecule has 1 fully saturated rings. The predicted octanol–water partition coefficient (Wildman–Crippen LogP) is 0.953. The van der Waals surface area contributed by atoms with E-state index in [4.69, 9.17) is 4.74 Å². The van der Waals surface area contributed by atoms with E-state index in [1.54, 1.807) is 0 Å². The van der Waals surface area contributed by atoms with Crippen molar-refractivity contribution >= 4 is 0 Å². The number of likely N-dealkylation sites (tertiary alicyclic amines) is 1. The van der Waals surface area contributed by atoms with E-state index < -0.39 is 0 Å². The molecule has 1 N–H and O–H groups in total.